The minimum atomic E-state index is -3.48. The van der Waals surface area contributed by atoms with Gasteiger partial charge in [-0.1, -0.05) is 24.3 Å². The topological polar surface area (TPSA) is 79.0 Å². The van der Waals surface area contributed by atoms with E-state index in [0.717, 1.165) is 17.4 Å². The Morgan fingerprint density at radius 1 is 1.41 bits per heavy atom. The second-order valence-electron chi connectivity index (χ2n) is 3.82. The molecule has 0 bridgehead atoms. The predicted molar refractivity (Wildman–Crippen MR) is 65.3 cm³/mol. The second kappa shape index (κ2) is 4.44. The number of nitrogens with two attached hydrogens (primary N) is 1. The Labute approximate surface area is 100 Å². The molecule has 0 aliphatic carbocycles. The van der Waals surface area contributed by atoms with Gasteiger partial charge in [0.1, 0.15) is 0 Å². The molecule has 2 rings (SSSR count). The molecule has 1 aliphatic heterocycles. The Morgan fingerprint density at radius 2 is 2.12 bits per heavy atom. The number of hydrazone groups is 1. The van der Waals surface area contributed by atoms with E-state index >= 15 is 0 Å². The van der Waals surface area contributed by atoms with E-state index in [-0.39, 0.29) is 0 Å². The second-order valence-corrected chi connectivity index (χ2v) is 5.66. The molecule has 7 heteroatoms. The van der Waals surface area contributed by atoms with Crippen molar-refractivity contribution >= 4 is 16.2 Å². The van der Waals surface area contributed by atoms with E-state index in [1.165, 1.54) is 5.12 Å². The minimum Gasteiger partial charge on any atom is -0.235 e. The summed E-state index contributed by atoms with van der Waals surface area (Å²) in [6.07, 6.45) is 3.35. The smallest absolute Gasteiger partial charge is 0.235 e. The molecule has 1 aromatic rings. The highest BCUT2D eigenvalue weighted by Gasteiger charge is 2.20. The third-order valence-electron chi connectivity index (χ3n) is 2.53. The number of nitrogens with zero attached hydrogens (tertiary/aromatic N) is 3. The van der Waals surface area contributed by atoms with Crippen molar-refractivity contribution in [3.05, 3.63) is 35.4 Å². The van der Waals surface area contributed by atoms with Gasteiger partial charge in [0.25, 0.3) is 0 Å². The third kappa shape index (κ3) is 2.63. The molecule has 17 heavy (non-hydrogen) atoms. The average molecular weight is 254 g/mol. The fourth-order valence-electron chi connectivity index (χ4n) is 1.62. The summed E-state index contributed by atoms with van der Waals surface area (Å²) in [5, 5.41) is 5.31. The van der Waals surface area contributed by atoms with Gasteiger partial charge in [0.15, 0.2) is 0 Å². The number of fused-ring (bicyclic) bond motifs is 1. The van der Waals surface area contributed by atoms with Crippen LogP contribution in [0.25, 0.3) is 0 Å². The standard InChI is InChI=1S/C10H14N4O2S/c1-17(15,16)14(11)13-7-6-9-4-2-3-5-10(9)8-12-13/h2-5,8H,6-7,11H2,1H3. The SMILES string of the molecule is CS(=O)(=O)N(N)N1CCc2ccccc2C=N1. The van der Waals surface area contributed by atoms with Crippen LogP contribution in [0.15, 0.2) is 29.4 Å². The zero-order valence-electron chi connectivity index (χ0n) is 9.44. The molecule has 1 aromatic carbocycles. The molecular weight excluding hydrogens is 240 g/mol. The van der Waals surface area contributed by atoms with E-state index in [2.05, 4.69) is 5.10 Å². The quantitative estimate of drug-likeness (QED) is 0.592. The minimum absolute atomic E-state index is 0.428. The van der Waals surface area contributed by atoms with Crippen LogP contribution < -0.4 is 5.84 Å². The number of rotatable bonds is 2. The Balaban J connectivity index is 2.24. The summed E-state index contributed by atoms with van der Waals surface area (Å²) < 4.78 is 23.3. The van der Waals surface area contributed by atoms with Gasteiger partial charge in [0, 0.05) is 0 Å². The summed E-state index contributed by atoms with van der Waals surface area (Å²) in [5.41, 5.74) is 2.11. The van der Waals surface area contributed by atoms with Crippen LogP contribution in [0.2, 0.25) is 0 Å². The zero-order valence-corrected chi connectivity index (χ0v) is 10.3. The maximum Gasteiger partial charge on any atom is 0.242 e. The van der Waals surface area contributed by atoms with Gasteiger partial charge in [-0.3, -0.25) is 0 Å². The third-order valence-corrected chi connectivity index (χ3v) is 3.40. The first-order valence-electron chi connectivity index (χ1n) is 5.13. The molecule has 92 valence electrons. The van der Waals surface area contributed by atoms with Gasteiger partial charge in [-0.15, -0.1) is 0 Å². The molecule has 1 heterocycles. The monoisotopic (exact) mass is 254 g/mol. The highest BCUT2D eigenvalue weighted by Crippen LogP contribution is 2.13. The van der Waals surface area contributed by atoms with Crippen molar-refractivity contribution in [3.8, 4) is 0 Å². The van der Waals surface area contributed by atoms with E-state index in [1.54, 1.807) is 6.21 Å². The van der Waals surface area contributed by atoms with Crippen LogP contribution in [0, 0.1) is 0 Å². The Kier molecular flexibility index (Phi) is 3.14. The van der Waals surface area contributed by atoms with Crippen LogP contribution in [-0.4, -0.2) is 37.1 Å². The zero-order chi connectivity index (χ0) is 12.5. The summed E-state index contributed by atoms with van der Waals surface area (Å²) in [4.78, 5) is 0. The van der Waals surface area contributed by atoms with Crippen LogP contribution >= 0.6 is 0 Å². The average Bonchev–Trinajstić information content (AvgIpc) is 2.49. The lowest BCUT2D eigenvalue weighted by Gasteiger charge is -2.24. The highest BCUT2D eigenvalue weighted by atomic mass is 32.2. The van der Waals surface area contributed by atoms with Crippen molar-refractivity contribution in [1.29, 1.82) is 0 Å². The Hall–Kier alpha value is -1.44. The van der Waals surface area contributed by atoms with Crippen molar-refractivity contribution in [1.82, 2.24) is 9.64 Å². The molecule has 0 spiro atoms. The number of hydrogen-bond acceptors (Lipinski definition) is 5. The summed E-state index contributed by atoms with van der Waals surface area (Å²) in [6.45, 7) is 0.428. The maximum absolute atomic E-state index is 11.3. The first-order valence-corrected chi connectivity index (χ1v) is 6.97. The molecule has 0 fully saturated rings. The van der Waals surface area contributed by atoms with Gasteiger partial charge < -0.3 is 0 Å². The van der Waals surface area contributed by atoms with Crippen LogP contribution in [-0.2, 0) is 16.4 Å². The molecule has 1 aliphatic rings. The summed E-state index contributed by atoms with van der Waals surface area (Å²) >= 11 is 0. The van der Waals surface area contributed by atoms with Crippen LogP contribution in [0.1, 0.15) is 11.1 Å². The number of hydrazine groups is 2. The van der Waals surface area contributed by atoms with Gasteiger partial charge in [0.2, 0.25) is 10.0 Å². The lowest BCUT2D eigenvalue weighted by molar-refractivity contribution is 0.0666. The molecular formula is C10H14N4O2S. The van der Waals surface area contributed by atoms with Crippen molar-refractivity contribution in [2.45, 2.75) is 6.42 Å². The van der Waals surface area contributed by atoms with E-state index < -0.39 is 10.0 Å². The lowest BCUT2D eigenvalue weighted by Crippen LogP contribution is -2.48. The van der Waals surface area contributed by atoms with Crippen molar-refractivity contribution < 1.29 is 8.42 Å². The van der Waals surface area contributed by atoms with Crippen LogP contribution in [0.3, 0.4) is 0 Å². The summed E-state index contributed by atoms with van der Waals surface area (Å²) in [6, 6.07) is 7.78. The fraction of sp³-hybridized carbons (Fsp3) is 0.300. The van der Waals surface area contributed by atoms with Crippen molar-refractivity contribution in [2.24, 2.45) is 10.9 Å². The predicted octanol–water partition coefficient (Wildman–Crippen LogP) is -0.0711. The Bertz CT molecular complexity index is 541. The van der Waals surface area contributed by atoms with Gasteiger partial charge in [-0.2, -0.15) is 10.2 Å². The Morgan fingerprint density at radius 3 is 2.82 bits per heavy atom. The molecule has 6 nitrogen and oxygen atoms in total. The maximum atomic E-state index is 11.3. The van der Waals surface area contributed by atoms with Crippen molar-refractivity contribution in [3.63, 3.8) is 0 Å². The normalized spacial score (nSPS) is 15.8. The molecule has 0 radical (unpaired) electrons. The fourth-order valence-corrected chi connectivity index (χ4v) is 2.08. The molecule has 0 amide bonds. The van der Waals surface area contributed by atoms with Gasteiger partial charge >= 0.3 is 0 Å². The summed E-state index contributed by atoms with van der Waals surface area (Å²) in [7, 11) is -3.48. The van der Waals surface area contributed by atoms with Crippen LogP contribution in [0.4, 0.5) is 0 Å². The van der Waals surface area contributed by atoms with Gasteiger partial charge in [0.05, 0.1) is 19.0 Å². The largest absolute Gasteiger partial charge is 0.242 e. The molecule has 0 unspecified atom stereocenters. The number of hydrogen-bond donors (Lipinski definition) is 1. The van der Waals surface area contributed by atoms with Crippen LogP contribution in [0.5, 0.6) is 0 Å². The van der Waals surface area contributed by atoms with Gasteiger partial charge in [-0.05, 0) is 22.1 Å². The molecule has 0 atom stereocenters. The number of benzene rings is 1. The number of sulfonamides is 1. The molecule has 0 saturated carbocycles. The molecule has 2 N–H and O–H groups in total. The van der Waals surface area contributed by atoms with E-state index in [9.17, 15) is 8.42 Å². The first kappa shape index (κ1) is 12.0. The van der Waals surface area contributed by atoms with Crippen molar-refractivity contribution in [2.75, 3.05) is 12.8 Å². The van der Waals surface area contributed by atoms with E-state index in [4.69, 9.17) is 5.84 Å². The highest BCUT2D eigenvalue weighted by molar-refractivity contribution is 7.88. The lowest BCUT2D eigenvalue weighted by atomic mass is 10.1. The first-order chi connectivity index (χ1) is 7.98. The van der Waals surface area contributed by atoms with E-state index in [1.807, 2.05) is 24.3 Å². The van der Waals surface area contributed by atoms with Gasteiger partial charge in [-0.25, -0.2) is 14.3 Å². The van der Waals surface area contributed by atoms with E-state index in [0.29, 0.717) is 17.5 Å². The molecule has 0 aromatic heterocycles. The molecule has 0 saturated heterocycles. The summed E-state index contributed by atoms with van der Waals surface area (Å²) in [5.74, 6) is 5.49.